The molecule has 0 aliphatic heterocycles. The van der Waals surface area contributed by atoms with E-state index in [2.05, 4.69) is 15.5 Å². The van der Waals surface area contributed by atoms with E-state index in [9.17, 15) is 9.18 Å². The molecule has 1 aromatic heterocycles. The van der Waals surface area contributed by atoms with Crippen molar-refractivity contribution in [2.45, 2.75) is 19.8 Å². The highest BCUT2D eigenvalue weighted by Crippen LogP contribution is 2.06. The van der Waals surface area contributed by atoms with E-state index in [1.165, 1.54) is 18.2 Å². The van der Waals surface area contributed by atoms with E-state index in [1.54, 1.807) is 12.3 Å². The van der Waals surface area contributed by atoms with Gasteiger partial charge in [-0.1, -0.05) is 6.07 Å². The maximum atomic E-state index is 13.0. The predicted octanol–water partition coefficient (Wildman–Crippen LogP) is 2.22. The summed E-state index contributed by atoms with van der Waals surface area (Å²) in [5.74, 6) is -0.648. The van der Waals surface area contributed by atoms with Gasteiger partial charge in [0.15, 0.2) is 0 Å². The Kier molecular flexibility index (Phi) is 4.28. The third-order valence-electron chi connectivity index (χ3n) is 2.93. The number of carbonyl (C=O) groups excluding carboxylic acids is 1. The minimum Gasteiger partial charge on any atom is -0.352 e. The Morgan fingerprint density at radius 3 is 3.00 bits per heavy atom. The summed E-state index contributed by atoms with van der Waals surface area (Å²) in [5, 5.41) is 9.58. The molecule has 1 amide bonds. The van der Waals surface area contributed by atoms with Crippen LogP contribution in [0.15, 0.2) is 30.5 Å². The lowest BCUT2D eigenvalue weighted by molar-refractivity contribution is 0.0953. The first-order valence-electron chi connectivity index (χ1n) is 6.19. The predicted molar refractivity (Wildman–Crippen MR) is 70.4 cm³/mol. The monoisotopic (exact) mass is 261 g/mol. The molecule has 1 aromatic carbocycles. The number of benzene rings is 1. The number of aromatic nitrogens is 2. The highest BCUT2D eigenvalue weighted by molar-refractivity contribution is 5.94. The van der Waals surface area contributed by atoms with Crippen molar-refractivity contribution in [2.75, 3.05) is 6.54 Å². The quantitative estimate of drug-likeness (QED) is 0.811. The number of hydrogen-bond donors (Lipinski definition) is 2. The second kappa shape index (κ2) is 6.13. The molecule has 0 saturated carbocycles. The number of carbonyl (C=O) groups is 1. The number of nitrogens with one attached hydrogen (secondary N) is 2. The van der Waals surface area contributed by atoms with Crippen LogP contribution in [0, 0.1) is 12.7 Å². The molecule has 0 aliphatic carbocycles. The van der Waals surface area contributed by atoms with Crippen LogP contribution in [0.2, 0.25) is 0 Å². The van der Waals surface area contributed by atoms with Gasteiger partial charge in [-0.05, 0) is 43.5 Å². The van der Waals surface area contributed by atoms with Gasteiger partial charge in [0.25, 0.3) is 5.91 Å². The van der Waals surface area contributed by atoms with Crippen molar-refractivity contribution in [3.05, 3.63) is 53.1 Å². The van der Waals surface area contributed by atoms with E-state index < -0.39 is 5.82 Å². The van der Waals surface area contributed by atoms with Crippen LogP contribution < -0.4 is 5.32 Å². The molecule has 100 valence electrons. The molecule has 0 unspecified atom stereocenters. The minimum atomic E-state index is -0.401. The van der Waals surface area contributed by atoms with Crippen molar-refractivity contribution in [1.29, 1.82) is 0 Å². The number of aryl methyl sites for hydroxylation is 2. The van der Waals surface area contributed by atoms with Crippen LogP contribution in [0.4, 0.5) is 4.39 Å². The lowest BCUT2D eigenvalue weighted by atomic mass is 10.1. The van der Waals surface area contributed by atoms with E-state index in [-0.39, 0.29) is 5.91 Å². The molecule has 0 saturated heterocycles. The number of H-pyrrole nitrogens is 1. The van der Waals surface area contributed by atoms with Gasteiger partial charge in [0.2, 0.25) is 0 Å². The Hall–Kier alpha value is -2.17. The maximum absolute atomic E-state index is 13.0. The van der Waals surface area contributed by atoms with Gasteiger partial charge in [0, 0.05) is 17.8 Å². The van der Waals surface area contributed by atoms with Gasteiger partial charge < -0.3 is 5.32 Å². The average molecular weight is 261 g/mol. The largest absolute Gasteiger partial charge is 0.352 e. The van der Waals surface area contributed by atoms with Crippen LogP contribution in [-0.2, 0) is 6.42 Å². The normalized spacial score (nSPS) is 10.4. The molecule has 0 aliphatic rings. The Labute approximate surface area is 111 Å². The molecular formula is C14H16FN3O. The summed E-state index contributed by atoms with van der Waals surface area (Å²) < 4.78 is 13.0. The summed E-state index contributed by atoms with van der Waals surface area (Å²) >= 11 is 0. The van der Waals surface area contributed by atoms with Gasteiger partial charge in [0.1, 0.15) is 5.82 Å². The topological polar surface area (TPSA) is 57.8 Å². The molecule has 2 rings (SSSR count). The maximum Gasteiger partial charge on any atom is 0.251 e. The third-order valence-corrected chi connectivity index (χ3v) is 2.93. The smallest absolute Gasteiger partial charge is 0.251 e. The Balaban J connectivity index is 1.77. The Morgan fingerprint density at radius 1 is 1.47 bits per heavy atom. The first-order valence-corrected chi connectivity index (χ1v) is 6.19. The average Bonchev–Trinajstić information content (AvgIpc) is 2.80. The highest BCUT2D eigenvalue weighted by atomic mass is 19.1. The summed E-state index contributed by atoms with van der Waals surface area (Å²) in [7, 11) is 0. The van der Waals surface area contributed by atoms with Crippen molar-refractivity contribution in [3.63, 3.8) is 0 Å². The van der Waals surface area contributed by atoms with Crippen molar-refractivity contribution >= 4 is 5.91 Å². The van der Waals surface area contributed by atoms with E-state index in [1.807, 2.05) is 6.92 Å². The molecule has 4 nitrogen and oxygen atoms in total. The molecule has 5 heteroatoms. The lowest BCUT2D eigenvalue weighted by Crippen LogP contribution is -2.24. The number of halogens is 1. The molecule has 19 heavy (non-hydrogen) atoms. The molecule has 2 N–H and O–H groups in total. The SMILES string of the molecule is Cc1[nH]ncc1CCCNC(=O)c1cccc(F)c1. The Bertz CT molecular complexity index is 565. The first kappa shape index (κ1) is 13.3. The van der Waals surface area contributed by atoms with E-state index in [0.29, 0.717) is 12.1 Å². The number of amides is 1. The minimum absolute atomic E-state index is 0.247. The fourth-order valence-electron chi connectivity index (χ4n) is 1.84. The number of nitrogens with zero attached hydrogens (tertiary/aromatic N) is 1. The lowest BCUT2D eigenvalue weighted by Gasteiger charge is -2.05. The van der Waals surface area contributed by atoms with Crippen molar-refractivity contribution in [1.82, 2.24) is 15.5 Å². The first-order chi connectivity index (χ1) is 9.16. The third kappa shape index (κ3) is 3.64. The fraction of sp³-hybridized carbons (Fsp3) is 0.286. The second-order valence-corrected chi connectivity index (χ2v) is 4.39. The van der Waals surface area contributed by atoms with Crippen LogP contribution in [0.25, 0.3) is 0 Å². The van der Waals surface area contributed by atoms with Crippen LogP contribution in [0.1, 0.15) is 28.0 Å². The molecule has 0 atom stereocenters. The van der Waals surface area contributed by atoms with Gasteiger partial charge in [0.05, 0.1) is 6.20 Å². The van der Waals surface area contributed by atoms with Crippen LogP contribution in [-0.4, -0.2) is 22.6 Å². The van der Waals surface area contributed by atoms with Crippen molar-refractivity contribution < 1.29 is 9.18 Å². The van der Waals surface area contributed by atoms with Crippen LogP contribution in [0.5, 0.6) is 0 Å². The number of aromatic amines is 1. The highest BCUT2D eigenvalue weighted by Gasteiger charge is 2.06. The zero-order valence-electron chi connectivity index (χ0n) is 10.7. The molecule has 0 radical (unpaired) electrons. The van der Waals surface area contributed by atoms with Gasteiger partial charge in [-0.2, -0.15) is 5.10 Å². The zero-order valence-corrected chi connectivity index (χ0v) is 10.7. The molecule has 0 bridgehead atoms. The van der Waals surface area contributed by atoms with Crippen molar-refractivity contribution in [3.8, 4) is 0 Å². The number of rotatable bonds is 5. The summed E-state index contributed by atoms with van der Waals surface area (Å²) in [6, 6.07) is 5.67. The van der Waals surface area contributed by atoms with Gasteiger partial charge >= 0.3 is 0 Å². The second-order valence-electron chi connectivity index (χ2n) is 4.39. The standard InChI is InChI=1S/C14H16FN3O/c1-10-12(9-17-18-10)5-3-7-16-14(19)11-4-2-6-13(15)8-11/h2,4,6,8-9H,3,5,7H2,1H3,(H,16,19)(H,17,18). The summed E-state index contributed by atoms with van der Waals surface area (Å²) in [6.45, 7) is 2.52. The van der Waals surface area contributed by atoms with Gasteiger partial charge in [-0.25, -0.2) is 4.39 Å². The fourth-order valence-corrected chi connectivity index (χ4v) is 1.84. The van der Waals surface area contributed by atoms with Crippen LogP contribution in [0.3, 0.4) is 0 Å². The van der Waals surface area contributed by atoms with E-state index in [0.717, 1.165) is 24.1 Å². The van der Waals surface area contributed by atoms with Crippen molar-refractivity contribution in [2.24, 2.45) is 0 Å². The van der Waals surface area contributed by atoms with Gasteiger partial charge in [-0.3, -0.25) is 9.89 Å². The van der Waals surface area contributed by atoms with E-state index >= 15 is 0 Å². The summed E-state index contributed by atoms with van der Waals surface area (Å²) in [5.41, 5.74) is 2.55. The molecule has 1 heterocycles. The van der Waals surface area contributed by atoms with Gasteiger partial charge in [-0.15, -0.1) is 0 Å². The Morgan fingerprint density at radius 2 is 2.32 bits per heavy atom. The molecule has 0 fully saturated rings. The summed E-state index contributed by atoms with van der Waals surface area (Å²) in [6.07, 6.45) is 3.47. The van der Waals surface area contributed by atoms with E-state index in [4.69, 9.17) is 0 Å². The summed E-state index contributed by atoms with van der Waals surface area (Å²) in [4.78, 5) is 11.7. The van der Waals surface area contributed by atoms with Crippen LogP contribution >= 0.6 is 0 Å². The molecular weight excluding hydrogens is 245 g/mol. The molecule has 0 spiro atoms. The zero-order chi connectivity index (χ0) is 13.7. The molecule has 2 aromatic rings. The number of hydrogen-bond acceptors (Lipinski definition) is 2.